The summed E-state index contributed by atoms with van der Waals surface area (Å²) in [7, 11) is 0. The number of nitriles is 1. The lowest BCUT2D eigenvalue weighted by Gasteiger charge is -2.08. The van der Waals surface area contributed by atoms with Gasteiger partial charge in [-0.15, -0.1) is 13.2 Å². The maximum Gasteiger partial charge on any atom is 0.573 e. The number of hydrogen-bond donors (Lipinski definition) is 0. The van der Waals surface area contributed by atoms with Gasteiger partial charge in [0.15, 0.2) is 0 Å². The molecule has 0 aliphatic heterocycles. The van der Waals surface area contributed by atoms with E-state index in [9.17, 15) is 23.3 Å². The van der Waals surface area contributed by atoms with E-state index in [1.165, 1.54) is 6.07 Å². The lowest BCUT2D eigenvalue weighted by atomic mass is 10.2. The van der Waals surface area contributed by atoms with Gasteiger partial charge < -0.3 is 4.74 Å². The van der Waals surface area contributed by atoms with Gasteiger partial charge in [-0.2, -0.15) is 5.26 Å². The number of nitro groups is 1. The number of halogens is 3. The molecule has 0 fully saturated rings. The van der Waals surface area contributed by atoms with Crippen molar-refractivity contribution in [3.63, 3.8) is 0 Å². The zero-order chi connectivity index (χ0) is 12.3. The standard InChI is InChI=1S/C8H3F3N2O3/c9-8(10,11)16-6-3-1-2-5(4-12)7(6)13(14)15/h1-3H. The van der Waals surface area contributed by atoms with Crippen LogP contribution in [0.2, 0.25) is 0 Å². The Labute approximate surface area is 86.8 Å². The minimum atomic E-state index is -5.04. The summed E-state index contributed by atoms with van der Waals surface area (Å²) >= 11 is 0. The molecule has 1 rings (SSSR count). The Kier molecular flexibility index (Phi) is 2.99. The van der Waals surface area contributed by atoms with Crippen LogP contribution in [0.15, 0.2) is 18.2 Å². The van der Waals surface area contributed by atoms with Gasteiger partial charge in [0.05, 0.1) is 4.92 Å². The number of nitrogens with zero attached hydrogens (tertiary/aromatic N) is 2. The van der Waals surface area contributed by atoms with Crippen molar-refractivity contribution in [3.8, 4) is 11.8 Å². The van der Waals surface area contributed by atoms with Crippen molar-refractivity contribution in [2.24, 2.45) is 0 Å². The first-order valence-corrected chi connectivity index (χ1v) is 3.78. The SMILES string of the molecule is N#Cc1cccc(OC(F)(F)F)c1[N+](=O)[O-]. The number of rotatable bonds is 2. The van der Waals surface area contributed by atoms with Crippen LogP contribution in [0.3, 0.4) is 0 Å². The molecule has 0 saturated heterocycles. The van der Waals surface area contributed by atoms with Crippen molar-refractivity contribution in [2.45, 2.75) is 6.36 Å². The quantitative estimate of drug-likeness (QED) is 0.579. The molecule has 0 spiro atoms. The van der Waals surface area contributed by atoms with Crippen molar-refractivity contribution in [1.29, 1.82) is 5.26 Å². The summed E-state index contributed by atoms with van der Waals surface area (Å²) in [6.07, 6.45) is -5.04. The largest absolute Gasteiger partial charge is 0.573 e. The van der Waals surface area contributed by atoms with Gasteiger partial charge in [-0.05, 0) is 12.1 Å². The second-order valence-corrected chi connectivity index (χ2v) is 2.57. The topological polar surface area (TPSA) is 76.2 Å². The molecule has 0 atom stereocenters. The molecule has 84 valence electrons. The second-order valence-electron chi connectivity index (χ2n) is 2.57. The molecule has 0 amide bonds. The van der Waals surface area contributed by atoms with Gasteiger partial charge in [0.25, 0.3) is 0 Å². The Morgan fingerprint density at radius 3 is 2.50 bits per heavy atom. The molecule has 0 saturated carbocycles. The Hall–Kier alpha value is -2.30. The predicted molar refractivity (Wildman–Crippen MR) is 44.5 cm³/mol. The van der Waals surface area contributed by atoms with E-state index in [2.05, 4.69) is 4.74 Å². The van der Waals surface area contributed by atoms with Gasteiger partial charge in [-0.3, -0.25) is 10.1 Å². The van der Waals surface area contributed by atoms with E-state index in [1.807, 2.05) is 0 Å². The maximum atomic E-state index is 11.9. The number of ether oxygens (including phenoxy) is 1. The van der Waals surface area contributed by atoms with Crippen LogP contribution in [0.25, 0.3) is 0 Å². The van der Waals surface area contributed by atoms with E-state index in [1.54, 1.807) is 0 Å². The first-order valence-electron chi connectivity index (χ1n) is 3.78. The first kappa shape index (κ1) is 11.8. The molecule has 5 nitrogen and oxygen atoms in total. The highest BCUT2D eigenvalue weighted by molar-refractivity contribution is 5.57. The Morgan fingerprint density at radius 1 is 1.44 bits per heavy atom. The summed E-state index contributed by atoms with van der Waals surface area (Å²) in [6.45, 7) is 0. The number of hydrogen-bond acceptors (Lipinski definition) is 4. The molecule has 0 bridgehead atoms. The van der Waals surface area contributed by atoms with Crippen LogP contribution in [0.1, 0.15) is 5.56 Å². The summed E-state index contributed by atoms with van der Waals surface area (Å²) in [4.78, 5) is 9.40. The fourth-order valence-corrected chi connectivity index (χ4v) is 1.01. The van der Waals surface area contributed by atoms with Crippen molar-refractivity contribution in [1.82, 2.24) is 0 Å². The van der Waals surface area contributed by atoms with E-state index in [-0.39, 0.29) is 0 Å². The molecular weight excluding hydrogens is 229 g/mol. The zero-order valence-corrected chi connectivity index (χ0v) is 7.49. The van der Waals surface area contributed by atoms with Crippen molar-refractivity contribution < 1.29 is 22.8 Å². The first-order chi connectivity index (χ1) is 7.35. The third kappa shape index (κ3) is 2.60. The van der Waals surface area contributed by atoms with Gasteiger partial charge in [0.2, 0.25) is 5.75 Å². The number of nitro benzene ring substituents is 1. The van der Waals surface area contributed by atoms with Crippen LogP contribution in [0.4, 0.5) is 18.9 Å². The van der Waals surface area contributed by atoms with Crippen LogP contribution in [0.5, 0.6) is 5.75 Å². The lowest BCUT2D eigenvalue weighted by molar-refractivity contribution is -0.388. The summed E-state index contributed by atoms with van der Waals surface area (Å²) in [6, 6.07) is 4.28. The Balaban J connectivity index is 3.30. The van der Waals surface area contributed by atoms with Crippen LogP contribution in [-0.4, -0.2) is 11.3 Å². The molecule has 0 unspecified atom stereocenters. The smallest absolute Gasteiger partial charge is 0.398 e. The monoisotopic (exact) mass is 232 g/mol. The van der Waals surface area contributed by atoms with Crippen LogP contribution < -0.4 is 4.74 Å². The summed E-state index contributed by atoms with van der Waals surface area (Å²) in [5.74, 6) is -1.00. The van der Waals surface area contributed by atoms with E-state index in [0.29, 0.717) is 0 Å². The molecule has 0 N–H and O–H groups in total. The van der Waals surface area contributed by atoms with Gasteiger partial charge in [0, 0.05) is 0 Å². The van der Waals surface area contributed by atoms with E-state index < -0.39 is 28.3 Å². The fourth-order valence-electron chi connectivity index (χ4n) is 1.01. The minimum absolute atomic E-state index is 0.494. The normalized spacial score (nSPS) is 10.6. The number of alkyl halides is 3. The zero-order valence-electron chi connectivity index (χ0n) is 7.49. The highest BCUT2D eigenvalue weighted by Gasteiger charge is 2.35. The lowest BCUT2D eigenvalue weighted by Crippen LogP contribution is -2.18. The van der Waals surface area contributed by atoms with Gasteiger partial charge in [-0.1, -0.05) is 6.07 Å². The molecule has 16 heavy (non-hydrogen) atoms. The van der Waals surface area contributed by atoms with Crippen LogP contribution >= 0.6 is 0 Å². The molecule has 0 heterocycles. The average Bonchev–Trinajstić information content (AvgIpc) is 2.14. The summed E-state index contributed by atoms with van der Waals surface area (Å²) in [5.41, 5.74) is -1.49. The van der Waals surface area contributed by atoms with Gasteiger partial charge in [-0.25, -0.2) is 0 Å². The molecule has 0 radical (unpaired) electrons. The van der Waals surface area contributed by atoms with Crippen molar-refractivity contribution >= 4 is 5.69 Å². The van der Waals surface area contributed by atoms with E-state index in [4.69, 9.17) is 5.26 Å². The third-order valence-corrected chi connectivity index (χ3v) is 1.53. The predicted octanol–water partition coefficient (Wildman–Crippen LogP) is 2.37. The van der Waals surface area contributed by atoms with Crippen molar-refractivity contribution in [3.05, 3.63) is 33.9 Å². The maximum absolute atomic E-state index is 11.9. The summed E-state index contributed by atoms with van der Waals surface area (Å²) < 4.78 is 39.1. The molecule has 1 aromatic carbocycles. The average molecular weight is 232 g/mol. The third-order valence-electron chi connectivity index (χ3n) is 1.53. The minimum Gasteiger partial charge on any atom is -0.398 e. The molecule has 8 heteroatoms. The van der Waals surface area contributed by atoms with Gasteiger partial charge in [0.1, 0.15) is 11.6 Å². The van der Waals surface area contributed by atoms with E-state index >= 15 is 0 Å². The molecule has 0 aliphatic rings. The van der Waals surface area contributed by atoms with Crippen LogP contribution in [-0.2, 0) is 0 Å². The highest BCUT2D eigenvalue weighted by Crippen LogP contribution is 2.34. The molecule has 0 aromatic heterocycles. The molecular formula is C8H3F3N2O3. The molecule has 1 aromatic rings. The van der Waals surface area contributed by atoms with E-state index in [0.717, 1.165) is 18.2 Å². The fraction of sp³-hybridized carbons (Fsp3) is 0.125. The number of benzene rings is 1. The Morgan fingerprint density at radius 2 is 2.06 bits per heavy atom. The number of para-hydroxylation sites is 1. The summed E-state index contributed by atoms with van der Waals surface area (Å²) in [5, 5.41) is 19.0. The Bertz CT molecular complexity index is 465. The second kappa shape index (κ2) is 4.06. The highest BCUT2D eigenvalue weighted by atomic mass is 19.4. The molecule has 0 aliphatic carbocycles. The van der Waals surface area contributed by atoms with Crippen LogP contribution in [0, 0.1) is 21.4 Å². The van der Waals surface area contributed by atoms with Crippen molar-refractivity contribution in [2.75, 3.05) is 0 Å². The van der Waals surface area contributed by atoms with Gasteiger partial charge >= 0.3 is 12.0 Å².